The molecule has 1 amide bonds. The van der Waals surface area contributed by atoms with E-state index >= 15 is 0 Å². The number of halogens is 1. The van der Waals surface area contributed by atoms with Gasteiger partial charge in [0.05, 0.1) is 12.6 Å². The predicted octanol–water partition coefficient (Wildman–Crippen LogP) is 2.53. The lowest BCUT2D eigenvalue weighted by atomic mass is 9.88. The standard InChI is InChI=1S/C25H32ClN3O3/c26-21-8-6-20(7-9-21)24(31)29-15-12-23(30)25(32,18-29)17-27-22-10-13-28(14-11-22)16-19-4-2-1-3-5-19/h1-9,22-23,27,30,32H,10-18H2/t23-,25+/m1/s1. The number of carbonyl (C=O) groups excluding carboxylic acids is 1. The van der Waals surface area contributed by atoms with Crippen molar-refractivity contribution in [3.63, 3.8) is 0 Å². The van der Waals surface area contributed by atoms with Crippen molar-refractivity contribution in [3.05, 3.63) is 70.7 Å². The topological polar surface area (TPSA) is 76.0 Å². The summed E-state index contributed by atoms with van der Waals surface area (Å²) in [7, 11) is 0. The van der Waals surface area contributed by atoms with Crippen molar-refractivity contribution >= 4 is 17.5 Å². The first kappa shape index (κ1) is 23.2. The van der Waals surface area contributed by atoms with Gasteiger partial charge in [0.1, 0.15) is 5.60 Å². The van der Waals surface area contributed by atoms with Gasteiger partial charge in [-0.2, -0.15) is 0 Å². The summed E-state index contributed by atoms with van der Waals surface area (Å²) in [6.07, 6.45) is 1.48. The average molecular weight is 458 g/mol. The lowest BCUT2D eigenvalue weighted by Gasteiger charge is -2.44. The molecule has 0 radical (unpaired) electrons. The predicted molar refractivity (Wildman–Crippen MR) is 126 cm³/mol. The average Bonchev–Trinajstić information content (AvgIpc) is 2.81. The molecular formula is C25H32ClN3O3. The van der Waals surface area contributed by atoms with Gasteiger partial charge in [-0.3, -0.25) is 9.69 Å². The highest BCUT2D eigenvalue weighted by Crippen LogP contribution is 2.24. The molecule has 172 valence electrons. The zero-order chi connectivity index (χ0) is 22.6. The van der Waals surface area contributed by atoms with E-state index in [2.05, 4.69) is 34.5 Å². The zero-order valence-electron chi connectivity index (χ0n) is 18.3. The number of aliphatic hydroxyl groups excluding tert-OH is 1. The summed E-state index contributed by atoms with van der Waals surface area (Å²) in [5.74, 6) is -0.152. The smallest absolute Gasteiger partial charge is 0.253 e. The molecule has 2 aromatic rings. The molecule has 2 saturated heterocycles. The van der Waals surface area contributed by atoms with E-state index in [1.165, 1.54) is 5.56 Å². The molecule has 0 saturated carbocycles. The maximum Gasteiger partial charge on any atom is 0.253 e. The number of piperidine rings is 2. The molecule has 2 aliphatic heterocycles. The van der Waals surface area contributed by atoms with Gasteiger partial charge in [0, 0.05) is 36.3 Å². The van der Waals surface area contributed by atoms with Crippen LogP contribution in [0.25, 0.3) is 0 Å². The summed E-state index contributed by atoms with van der Waals surface area (Å²) >= 11 is 5.92. The molecule has 7 heteroatoms. The largest absolute Gasteiger partial charge is 0.390 e. The van der Waals surface area contributed by atoms with E-state index in [4.69, 9.17) is 11.6 Å². The van der Waals surface area contributed by atoms with Crippen LogP contribution in [-0.4, -0.2) is 76.4 Å². The van der Waals surface area contributed by atoms with E-state index in [9.17, 15) is 15.0 Å². The van der Waals surface area contributed by atoms with Crippen molar-refractivity contribution in [3.8, 4) is 0 Å². The van der Waals surface area contributed by atoms with Crippen molar-refractivity contribution < 1.29 is 15.0 Å². The Morgan fingerprint density at radius 2 is 1.72 bits per heavy atom. The fraction of sp³-hybridized carbons (Fsp3) is 0.480. The van der Waals surface area contributed by atoms with Crippen LogP contribution < -0.4 is 5.32 Å². The third-order valence-electron chi connectivity index (χ3n) is 6.67. The van der Waals surface area contributed by atoms with Crippen molar-refractivity contribution in [2.75, 3.05) is 32.7 Å². The van der Waals surface area contributed by atoms with Crippen LogP contribution in [0.1, 0.15) is 35.2 Å². The Morgan fingerprint density at radius 3 is 2.41 bits per heavy atom. The minimum absolute atomic E-state index is 0.107. The molecule has 4 rings (SSSR count). The molecule has 32 heavy (non-hydrogen) atoms. The fourth-order valence-electron chi connectivity index (χ4n) is 4.64. The Labute approximate surface area is 194 Å². The zero-order valence-corrected chi connectivity index (χ0v) is 19.0. The molecule has 0 unspecified atom stereocenters. The van der Waals surface area contributed by atoms with Gasteiger partial charge in [-0.05, 0) is 62.2 Å². The molecule has 6 nitrogen and oxygen atoms in total. The summed E-state index contributed by atoms with van der Waals surface area (Å²) < 4.78 is 0. The third-order valence-corrected chi connectivity index (χ3v) is 6.92. The maximum absolute atomic E-state index is 12.9. The van der Waals surface area contributed by atoms with Crippen molar-refractivity contribution in [1.82, 2.24) is 15.1 Å². The highest BCUT2D eigenvalue weighted by Gasteiger charge is 2.43. The van der Waals surface area contributed by atoms with E-state index in [1.807, 2.05) is 6.07 Å². The summed E-state index contributed by atoms with van der Waals surface area (Å²) in [5, 5.41) is 25.7. The molecule has 0 aromatic heterocycles. The Hall–Kier alpha value is -1.96. The van der Waals surface area contributed by atoms with Crippen LogP contribution in [0.3, 0.4) is 0 Å². The van der Waals surface area contributed by atoms with E-state index in [0.717, 1.165) is 32.5 Å². The second kappa shape index (κ2) is 10.3. The molecule has 0 bridgehead atoms. The normalized spacial score (nSPS) is 25.1. The second-order valence-corrected chi connectivity index (χ2v) is 9.50. The number of nitrogens with zero attached hydrogens (tertiary/aromatic N) is 2. The molecule has 2 fully saturated rings. The van der Waals surface area contributed by atoms with Gasteiger partial charge in [0.2, 0.25) is 0 Å². The van der Waals surface area contributed by atoms with Crippen LogP contribution in [0.5, 0.6) is 0 Å². The van der Waals surface area contributed by atoms with Crippen LogP contribution in [0, 0.1) is 0 Å². The summed E-state index contributed by atoms with van der Waals surface area (Å²) in [4.78, 5) is 16.9. The molecular weight excluding hydrogens is 426 g/mol. The summed E-state index contributed by atoms with van der Waals surface area (Å²) in [5.41, 5.74) is 0.498. The lowest BCUT2D eigenvalue weighted by molar-refractivity contribution is -0.112. The van der Waals surface area contributed by atoms with E-state index in [1.54, 1.807) is 29.2 Å². The van der Waals surface area contributed by atoms with Crippen molar-refractivity contribution in [1.29, 1.82) is 0 Å². The van der Waals surface area contributed by atoms with Gasteiger partial charge >= 0.3 is 0 Å². The highest BCUT2D eigenvalue weighted by atomic mass is 35.5. The first-order chi connectivity index (χ1) is 15.4. The van der Waals surface area contributed by atoms with Gasteiger partial charge in [0.15, 0.2) is 0 Å². The molecule has 2 heterocycles. The Bertz CT molecular complexity index is 887. The lowest BCUT2D eigenvalue weighted by Crippen LogP contribution is -2.63. The minimum atomic E-state index is -1.36. The Morgan fingerprint density at radius 1 is 1.03 bits per heavy atom. The van der Waals surface area contributed by atoms with E-state index < -0.39 is 11.7 Å². The molecule has 0 spiro atoms. The van der Waals surface area contributed by atoms with Crippen LogP contribution >= 0.6 is 11.6 Å². The Balaban J connectivity index is 1.28. The number of aliphatic hydroxyl groups is 2. The highest BCUT2D eigenvalue weighted by molar-refractivity contribution is 6.30. The molecule has 3 N–H and O–H groups in total. The quantitative estimate of drug-likeness (QED) is 0.621. The number of amides is 1. The maximum atomic E-state index is 12.9. The molecule has 0 aliphatic carbocycles. The van der Waals surface area contributed by atoms with Crippen LogP contribution in [0.2, 0.25) is 5.02 Å². The Kier molecular flexibility index (Phi) is 7.48. The summed E-state index contributed by atoms with van der Waals surface area (Å²) in [6.45, 7) is 3.74. The monoisotopic (exact) mass is 457 g/mol. The third kappa shape index (κ3) is 5.69. The van der Waals surface area contributed by atoms with Crippen LogP contribution in [0.15, 0.2) is 54.6 Å². The molecule has 2 atom stereocenters. The number of β-amino-alcohol motifs (C(OH)–C–C–N with tert-alkyl or cyclic N) is 1. The molecule has 2 aliphatic rings. The fourth-order valence-corrected chi connectivity index (χ4v) is 4.77. The number of nitrogens with one attached hydrogen (secondary N) is 1. The van der Waals surface area contributed by atoms with Gasteiger partial charge < -0.3 is 20.4 Å². The van der Waals surface area contributed by atoms with E-state index in [0.29, 0.717) is 29.6 Å². The van der Waals surface area contributed by atoms with Gasteiger partial charge in [-0.15, -0.1) is 0 Å². The number of hydrogen-bond acceptors (Lipinski definition) is 5. The number of benzene rings is 2. The first-order valence-electron chi connectivity index (χ1n) is 11.4. The SMILES string of the molecule is O=C(c1ccc(Cl)cc1)N1CC[C@@H](O)[C@](O)(CNC2CCN(Cc3ccccc3)CC2)C1. The number of rotatable bonds is 6. The van der Waals surface area contributed by atoms with Gasteiger partial charge in [-0.25, -0.2) is 0 Å². The number of hydrogen-bond donors (Lipinski definition) is 3. The van der Waals surface area contributed by atoms with Crippen molar-refractivity contribution in [2.45, 2.75) is 43.6 Å². The first-order valence-corrected chi connectivity index (χ1v) is 11.8. The summed E-state index contributed by atoms with van der Waals surface area (Å²) in [6, 6.07) is 17.5. The van der Waals surface area contributed by atoms with E-state index in [-0.39, 0.29) is 19.0 Å². The second-order valence-electron chi connectivity index (χ2n) is 9.06. The van der Waals surface area contributed by atoms with Crippen molar-refractivity contribution in [2.24, 2.45) is 0 Å². The van der Waals surface area contributed by atoms with Crippen LogP contribution in [-0.2, 0) is 6.54 Å². The molecule has 2 aromatic carbocycles. The minimum Gasteiger partial charge on any atom is -0.390 e. The number of carbonyl (C=O) groups is 1. The van der Waals surface area contributed by atoms with Gasteiger partial charge in [0.25, 0.3) is 5.91 Å². The van der Waals surface area contributed by atoms with Crippen LogP contribution in [0.4, 0.5) is 0 Å². The number of likely N-dealkylation sites (tertiary alicyclic amines) is 2. The van der Waals surface area contributed by atoms with Gasteiger partial charge in [-0.1, -0.05) is 41.9 Å².